The van der Waals surface area contributed by atoms with Crippen LogP contribution in [0.5, 0.6) is 0 Å². The van der Waals surface area contributed by atoms with Crippen LogP contribution in [-0.2, 0) is 6.98 Å². The second-order valence-electron chi connectivity index (χ2n) is 4.69. The molecule has 16 heavy (non-hydrogen) atoms. The maximum absolute atomic E-state index is 13.8. The molecule has 2 rings (SSSR count). The van der Waals surface area contributed by atoms with Crippen molar-refractivity contribution in [1.82, 2.24) is 14.7 Å². The molecule has 1 fully saturated rings. The topological polar surface area (TPSA) is 21.1 Å². The van der Waals surface area contributed by atoms with Gasteiger partial charge in [0.1, 0.15) is 0 Å². The fraction of sp³-hybridized carbons (Fsp3) is 0.750. The zero-order chi connectivity index (χ0) is 14.2. The van der Waals surface area contributed by atoms with Gasteiger partial charge in [0.2, 0.25) is 0 Å². The maximum atomic E-state index is 13.8. The summed E-state index contributed by atoms with van der Waals surface area (Å²) >= 11 is 0. The Hall–Kier alpha value is -0.900. The third kappa shape index (κ3) is 2.12. The van der Waals surface area contributed by atoms with Crippen molar-refractivity contribution >= 4 is 0 Å². The van der Waals surface area contributed by atoms with E-state index in [1.165, 1.54) is 0 Å². The first kappa shape index (κ1) is 8.23. The van der Waals surface area contributed by atoms with Crippen LogP contribution in [0.4, 0.5) is 4.39 Å². The van der Waals surface area contributed by atoms with Crippen molar-refractivity contribution in [2.24, 2.45) is 6.98 Å². The first-order chi connectivity index (χ1) is 8.80. The lowest BCUT2D eigenvalue weighted by molar-refractivity contribution is 0.168. The molecule has 0 radical (unpaired) electrons. The lowest BCUT2D eigenvalue weighted by atomic mass is 9.92. The molecule has 1 aliphatic heterocycles. The van der Waals surface area contributed by atoms with Crippen LogP contribution in [0.25, 0.3) is 0 Å². The third-order valence-electron chi connectivity index (χ3n) is 3.41. The van der Waals surface area contributed by atoms with E-state index >= 15 is 0 Å². The molecule has 1 aliphatic rings. The smallest absolute Gasteiger partial charge is 0.164 e. The minimum atomic E-state index is -2.41. The Balaban J connectivity index is 2.18. The van der Waals surface area contributed by atoms with E-state index < -0.39 is 12.8 Å². The summed E-state index contributed by atoms with van der Waals surface area (Å²) in [5.41, 5.74) is 0.239. The van der Waals surface area contributed by atoms with Gasteiger partial charge < -0.3 is 4.90 Å². The van der Waals surface area contributed by atoms with Crippen LogP contribution in [-0.4, -0.2) is 33.8 Å². The van der Waals surface area contributed by atoms with Crippen molar-refractivity contribution in [1.29, 1.82) is 0 Å². The minimum Gasteiger partial charge on any atom is -0.301 e. The van der Waals surface area contributed by atoms with E-state index in [9.17, 15) is 4.39 Å². The molecule has 0 saturated carbocycles. The summed E-state index contributed by atoms with van der Waals surface area (Å²) < 4.78 is 36.9. The second-order valence-corrected chi connectivity index (χ2v) is 4.69. The summed E-state index contributed by atoms with van der Waals surface area (Å²) in [5, 5.41) is 3.68. The lowest BCUT2D eigenvalue weighted by Gasteiger charge is -2.34. The van der Waals surface area contributed by atoms with E-state index in [4.69, 9.17) is 4.11 Å². The van der Waals surface area contributed by atoms with Crippen LogP contribution < -0.4 is 0 Å². The predicted octanol–water partition coefficient (Wildman–Crippen LogP) is 2.15. The van der Waals surface area contributed by atoms with E-state index in [2.05, 4.69) is 23.8 Å². The average molecular weight is 228 g/mol. The van der Waals surface area contributed by atoms with Gasteiger partial charge in [-0.1, -0.05) is 0 Å². The van der Waals surface area contributed by atoms with Gasteiger partial charge in [0.25, 0.3) is 0 Å². The lowest BCUT2D eigenvalue weighted by Crippen LogP contribution is -2.38. The van der Waals surface area contributed by atoms with Gasteiger partial charge in [0.15, 0.2) is 5.82 Å². The zero-order valence-electron chi connectivity index (χ0n) is 12.8. The average Bonchev–Trinajstić information content (AvgIpc) is 2.71. The second kappa shape index (κ2) is 4.53. The predicted molar refractivity (Wildman–Crippen MR) is 61.9 cm³/mol. The highest BCUT2D eigenvalue weighted by atomic mass is 19.1. The van der Waals surface area contributed by atoms with Gasteiger partial charge in [-0.05, 0) is 39.8 Å². The van der Waals surface area contributed by atoms with Crippen molar-refractivity contribution < 1.29 is 8.50 Å². The van der Waals surface area contributed by atoms with Crippen LogP contribution in [0.15, 0.2) is 6.20 Å². The van der Waals surface area contributed by atoms with Crippen LogP contribution in [0.1, 0.15) is 42.4 Å². The molecule has 1 aromatic rings. The Morgan fingerprint density at radius 1 is 1.50 bits per heavy atom. The van der Waals surface area contributed by atoms with Crippen LogP contribution in [0.3, 0.4) is 0 Å². The molecule has 0 aromatic carbocycles. The number of piperidine rings is 1. The van der Waals surface area contributed by atoms with Crippen molar-refractivity contribution in [3.05, 3.63) is 17.7 Å². The van der Waals surface area contributed by atoms with Gasteiger partial charge in [-0.2, -0.15) is 5.10 Å². The van der Waals surface area contributed by atoms with E-state index in [-0.39, 0.29) is 11.6 Å². The summed E-state index contributed by atoms with van der Waals surface area (Å²) in [4.78, 5) is 2.32. The molecule has 0 aliphatic carbocycles. The molecular weight excluding hydrogens is 205 g/mol. The summed E-state index contributed by atoms with van der Waals surface area (Å²) in [7, 11) is 0. The monoisotopic (exact) mass is 228 g/mol. The molecule has 3 nitrogen and oxygen atoms in total. The SMILES string of the molecule is [2H]C([2H])([2H])n1ncc(F)c1C1CCN(C(C)C)CC1. The zero-order valence-corrected chi connectivity index (χ0v) is 9.78. The summed E-state index contributed by atoms with van der Waals surface area (Å²) in [5.74, 6) is -0.558. The largest absolute Gasteiger partial charge is 0.301 e. The normalized spacial score (nSPS) is 23.1. The molecular formula is C12H20FN3. The third-order valence-corrected chi connectivity index (χ3v) is 3.41. The number of hydrogen-bond donors (Lipinski definition) is 0. The van der Waals surface area contributed by atoms with Crippen LogP contribution >= 0.6 is 0 Å². The van der Waals surface area contributed by atoms with Gasteiger partial charge in [-0.15, -0.1) is 0 Å². The maximum Gasteiger partial charge on any atom is 0.164 e. The van der Waals surface area contributed by atoms with Crippen molar-refractivity contribution in [2.75, 3.05) is 13.1 Å². The Labute approximate surface area is 100 Å². The highest BCUT2D eigenvalue weighted by Crippen LogP contribution is 2.29. The van der Waals surface area contributed by atoms with E-state index in [1.54, 1.807) is 0 Å². The van der Waals surface area contributed by atoms with Crippen LogP contribution in [0.2, 0.25) is 0 Å². The van der Waals surface area contributed by atoms with Gasteiger partial charge >= 0.3 is 0 Å². The van der Waals surface area contributed by atoms with Crippen LogP contribution in [0, 0.1) is 5.82 Å². The fourth-order valence-electron chi connectivity index (χ4n) is 2.40. The fourth-order valence-corrected chi connectivity index (χ4v) is 2.40. The molecule has 0 amide bonds. The van der Waals surface area contributed by atoms with E-state index in [0.717, 1.165) is 36.8 Å². The number of aromatic nitrogens is 2. The molecule has 1 aromatic heterocycles. The van der Waals surface area contributed by atoms with Gasteiger partial charge in [0.05, 0.1) is 11.9 Å². The number of aryl methyl sites for hydroxylation is 1. The number of hydrogen-bond acceptors (Lipinski definition) is 2. The summed E-state index contributed by atoms with van der Waals surface area (Å²) in [6.45, 7) is 3.60. The standard InChI is InChI=1S/C12H20FN3/c1-9(2)16-6-4-10(5-7-16)12-11(13)8-14-15(12)3/h8-10H,4-7H2,1-3H3/i3D3. The Kier molecular flexibility index (Phi) is 2.33. The molecule has 0 atom stereocenters. The Morgan fingerprint density at radius 3 is 2.75 bits per heavy atom. The quantitative estimate of drug-likeness (QED) is 0.773. The highest BCUT2D eigenvalue weighted by molar-refractivity contribution is 5.11. The van der Waals surface area contributed by atoms with Crippen molar-refractivity contribution in [3.8, 4) is 0 Å². The highest BCUT2D eigenvalue weighted by Gasteiger charge is 2.26. The molecule has 1 saturated heterocycles. The number of rotatable bonds is 2. The van der Waals surface area contributed by atoms with Crippen molar-refractivity contribution in [2.45, 2.75) is 38.6 Å². The van der Waals surface area contributed by atoms with Gasteiger partial charge in [-0.25, -0.2) is 4.39 Å². The molecule has 0 unspecified atom stereocenters. The molecule has 0 spiro atoms. The molecule has 90 valence electrons. The first-order valence-corrected chi connectivity index (χ1v) is 5.78. The molecule has 0 N–H and O–H groups in total. The summed E-state index contributed by atoms with van der Waals surface area (Å²) in [6, 6.07) is 0.471. The Bertz CT molecular complexity index is 434. The summed E-state index contributed by atoms with van der Waals surface area (Å²) in [6.07, 6.45) is 2.56. The van der Waals surface area contributed by atoms with Gasteiger partial charge in [-0.3, -0.25) is 4.68 Å². The molecule has 2 heterocycles. The van der Waals surface area contributed by atoms with Crippen molar-refractivity contribution in [3.63, 3.8) is 0 Å². The molecule has 0 bridgehead atoms. The Morgan fingerprint density at radius 2 is 2.19 bits per heavy atom. The van der Waals surface area contributed by atoms with Gasteiger partial charge in [0, 0.05) is 23.0 Å². The van der Waals surface area contributed by atoms with E-state index in [0.29, 0.717) is 6.04 Å². The number of nitrogens with zero attached hydrogens (tertiary/aromatic N) is 3. The van der Waals surface area contributed by atoms with E-state index in [1.807, 2.05) is 0 Å². The first-order valence-electron chi connectivity index (χ1n) is 7.28. The minimum absolute atomic E-state index is 0.0575. The number of halogens is 1. The molecule has 4 heteroatoms. The number of likely N-dealkylation sites (tertiary alicyclic amines) is 1.